The molecule has 0 saturated heterocycles. The number of aryl methyl sites for hydroxylation is 2. The standard InChI is InChI=1S/C23H25N3O3/c1-4-21(18-7-5-16(2)6-8-18)25-22(27)15-29-23(28)19-9-11-20(12-10-19)26-17(3)13-14-24-26/h5-14,21H,4,15H2,1-3H3,(H,25,27)/t21-/m0/s1. The summed E-state index contributed by atoms with van der Waals surface area (Å²) in [5, 5.41) is 7.15. The van der Waals surface area contributed by atoms with Gasteiger partial charge in [-0.1, -0.05) is 36.8 Å². The van der Waals surface area contributed by atoms with Gasteiger partial charge in [-0.15, -0.1) is 0 Å². The highest BCUT2D eigenvalue weighted by molar-refractivity contribution is 5.91. The maximum absolute atomic E-state index is 12.3. The molecule has 6 heteroatoms. The molecule has 1 aromatic heterocycles. The number of nitrogens with zero attached hydrogens (tertiary/aromatic N) is 2. The van der Waals surface area contributed by atoms with Crippen LogP contribution in [0, 0.1) is 13.8 Å². The zero-order valence-corrected chi connectivity index (χ0v) is 16.9. The molecular formula is C23H25N3O3. The predicted molar refractivity (Wildman–Crippen MR) is 111 cm³/mol. The van der Waals surface area contributed by atoms with E-state index in [1.807, 2.05) is 51.1 Å². The molecule has 1 atom stereocenters. The molecular weight excluding hydrogens is 366 g/mol. The third kappa shape index (κ3) is 5.10. The van der Waals surface area contributed by atoms with Crippen LogP contribution in [0.2, 0.25) is 0 Å². The van der Waals surface area contributed by atoms with Crippen molar-refractivity contribution in [3.63, 3.8) is 0 Å². The lowest BCUT2D eigenvalue weighted by Gasteiger charge is -2.17. The van der Waals surface area contributed by atoms with Crippen LogP contribution in [-0.4, -0.2) is 28.3 Å². The average Bonchev–Trinajstić information content (AvgIpc) is 3.17. The summed E-state index contributed by atoms with van der Waals surface area (Å²) >= 11 is 0. The second-order valence-electron chi connectivity index (χ2n) is 6.95. The number of hydrogen-bond acceptors (Lipinski definition) is 4. The minimum absolute atomic E-state index is 0.113. The lowest BCUT2D eigenvalue weighted by Crippen LogP contribution is -2.32. The van der Waals surface area contributed by atoms with Crippen LogP contribution in [0.5, 0.6) is 0 Å². The molecule has 1 amide bonds. The molecule has 0 saturated carbocycles. The Morgan fingerprint density at radius 2 is 1.72 bits per heavy atom. The zero-order valence-electron chi connectivity index (χ0n) is 16.9. The van der Waals surface area contributed by atoms with E-state index < -0.39 is 5.97 Å². The Hall–Kier alpha value is -3.41. The van der Waals surface area contributed by atoms with Gasteiger partial charge in [0.05, 0.1) is 17.3 Å². The van der Waals surface area contributed by atoms with E-state index in [0.717, 1.165) is 28.9 Å². The first kappa shape index (κ1) is 20.3. The second-order valence-corrected chi connectivity index (χ2v) is 6.95. The number of esters is 1. The first-order valence-electron chi connectivity index (χ1n) is 9.62. The lowest BCUT2D eigenvalue weighted by molar-refractivity contribution is -0.125. The zero-order chi connectivity index (χ0) is 20.8. The second kappa shape index (κ2) is 9.19. The Kier molecular flexibility index (Phi) is 6.44. The highest BCUT2D eigenvalue weighted by Crippen LogP contribution is 2.17. The Bertz CT molecular complexity index is 975. The van der Waals surface area contributed by atoms with Crippen LogP contribution >= 0.6 is 0 Å². The van der Waals surface area contributed by atoms with Crippen molar-refractivity contribution in [2.75, 3.05) is 6.61 Å². The number of benzene rings is 2. The molecule has 1 N–H and O–H groups in total. The molecule has 2 aromatic carbocycles. The van der Waals surface area contributed by atoms with Crippen LogP contribution < -0.4 is 5.32 Å². The smallest absolute Gasteiger partial charge is 0.338 e. The number of amides is 1. The van der Waals surface area contributed by atoms with Crippen molar-refractivity contribution in [3.8, 4) is 5.69 Å². The van der Waals surface area contributed by atoms with E-state index in [1.54, 1.807) is 35.1 Å². The van der Waals surface area contributed by atoms with E-state index in [2.05, 4.69) is 10.4 Å². The van der Waals surface area contributed by atoms with E-state index in [0.29, 0.717) is 5.56 Å². The van der Waals surface area contributed by atoms with Crippen molar-refractivity contribution < 1.29 is 14.3 Å². The lowest BCUT2D eigenvalue weighted by atomic mass is 10.0. The predicted octanol–water partition coefficient (Wildman–Crippen LogP) is 3.91. The number of hydrogen-bond donors (Lipinski definition) is 1. The van der Waals surface area contributed by atoms with Gasteiger partial charge in [0.2, 0.25) is 0 Å². The van der Waals surface area contributed by atoms with E-state index >= 15 is 0 Å². The summed E-state index contributed by atoms with van der Waals surface area (Å²) in [6.07, 6.45) is 2.47. The normalized spacial score (nSPS) is 11.7. The van der Waals surface area contributed by atoms with Crippen molar-refractivity contribution in [2.45, 2.75) is 33.2 Å². The minimum Gasteiger partial charge on any atom is -0.452 e. The molecule has 0 fully saturated rings. The maximum atomic E-state index is 12.3. The topological polar surface area (TPSA) is 73.2 Å². The van der Waals surface area contributed by atoms with Gasteiger partial charge in [-0.3, -0.25) is 4.79 Å². The number of rotatable bonds is 7. The monoisotopic (exact) mass is 391 g/mol. The summed E-state index contributed by atoms with van der Waals surface area (Å²) in [7, 11) is 0. The van der Waals surface area contributed by atoms with Gasteiger partial charge in [0, 0.05) is 11.9 Å². The number of ether oxygens (including phenoxy) is 1. The Morgan fingerprint density at radius 3 is 2.31 bits per heavy atom. The molecule has 0 unspecified atom stereocenters. The molecule has 3 aromatic rings. The minimum atomic E-state index is -0.535. The van der Waals surface area contributed by atoms with Crippen molar-refractivity contribution in [2.24, 2.45) is 0 Å². The van der Waals surface area contributed by atoms with Crippen molar-refractivity contribution in [3.05, 3.63) is 83.2 Å². The van der Waals surface area contributed by atoms with Gasteiger partial charge in [0.1, 0.15) is 0 Å². The van der Waals surface area contributed by atoms with E-state index in [-0.39, 0.29) is 18.6 Å². The molecule has 0 aliphatic carbocycles. The molecule has 29 heavy (non-hydrogen) atoms. The van der Waals surface area contributed by atoms with Gasteiger partial charge in [0.25, 0.3) is 5.91 Å². The summed E-state index contributed by atoms with van der Waals surface area (Å²) in [5.74, 6) is -0.859. The summed E-state index contributed by atoms with van der Waals surface area (Å²) < 4.78 is 6.95. The molecule has 6 nitrogen and oxygen atoms in total. The van der Waals surface area contributed by atoms with Crippen LogP contribution in [-0.2, 0) is 9.53 Å². The van der Waals surface area contributed by atoms with Gasteiger partial charge >= 0.3 is 5.97 Å². The van der Waals surface area contributed by atoms with Gasteiger partial charge in [-0.05, 0) is 56.2 Å². The van der Waals surface area contributed by atoms with Gasteiger partial charge in [-0.2, -0.15) is 5.10 Å². The number of carbonyl (C=O) groups is 2. The van der Waals surface area contributed by atoms with E-state index in [9.17, 15) is 9.59 Å². The Morgan fingerprint density at radius 1 is 1.03 bits per heavy atom. The number of aromatic nitrogens is 2. The fourth-order valence-corrected chi connectivity index (χ4v) is 3.05. The van der Waals surface area contributed by atoms with E-state index in [1.165, 1.54) is 0 Å². The first-order valence-corrected chi connectivity index (χ1v) is 9.62. The Labute approximate surface area is 170 Å². The molecule has 3 rings (SSSR count). The largest absolute Gasteiger partial charge is 0.452 e. The molecule has 150 valence electrons. The Balaban J connectivity index is 1.55. The van der Waals surface area contributed by atoms with Crippen LogP contribution in [0.3, 0.4) is 0 Å². The van der Waals surface area contributed by atoms with Gasteiger partial charge in [0.15, 0.2) is 6.61 Å². The fraction of sp³-hybridized carbons (Fsp3) is 0.261. The van der Waals surface area contributed by atoms with Gasteiger partial charge in [-0.25, -0.2) is 9.48 Å². The first-order chi connectivity index (χ1) is 14.0. The van der Waals surface area contributed by atoms with E-state index in [4.69, 9.17) is 4.74 Å². The quantitative estimate of drug-likeness (QED) is 0.620. The molecule has 0 aliphatic heterocycles. The van der Waals surface area contributed by atoms with Crippen LogP contribution in [0.15, 0.2) is 60.8 Å². The third-order valence-electron chi connectivity index (χ3n) is 4.74. The molecule has 0 spiro atoms. The molecule has 1 heterocycles. The molecule has 0 aliphatic rings. The van der Waals surface area contributed by atoms with Crippen molar-refractivity contribution in [1.29, 1.82) is 0 Å². The third-order valence-corrected chi connectivity index (χ3v) is 4.74. The summed E-state index contributed by atoms with van der Waals surface area (Å²) in [6, 6.07) is 16.7. The summed E-state index contributed by atoms with van der Waals surface area (Å²) in [6.45, 7) is 5.65. The van der Waals surface area contributed by atoms with Crippen LogP contribution in [0.4, 0.5) is 0 Å². The fourth-order valence-electron chi connectivity index (χ4n) is 3.05. The average molecular weight is 391 g/mol. The molecule has 0 radical (unpaired) electrons. The summed E-state index contributed by atoms with van der Waals surface area (Å²) in [5.41, 5.74) is 4.43. The molecule has 0 bridgehead atoms. The van der Waals surface area contributed by atoms with Gasteiger partial charge < -0.3 is 10.1 Å². The van der Waals surface area contributed by atoms with Crippen molar-refractivity contribution >= 4 is 11.9 Å². The highest BCUT2D eigenvalue weighted by Gasteiger charge is 2.15. The summed E-state index contributed by atoms with van der Waals surface area (Å²) in [4.78, 5) is 24.5. The number of carbonyl (C=O) groups excluding carboxylic acids is 2. The van der Waals surface area contributed by atoms with Crippen molar-refractivity contribution in [1.82, 2.24) is 15.1 Å². The SMILES string of the molecule is CC[C@H](NC(=O)COC(=O)c1ccc(-n2nccc2C)cc1)c1ccc(C)cc1. The number of nitrogens with one attached hydrogen (secondary N) is 1. The highest BCUT2D eigenvalue weighted by atomic mass is 16.5. The van der Waals surface area contributed by atoms with Crippen LogP contribution in [0.25, 0.3) is 5.69 Å². The van der Waals surface area contributed by atoms with Crippen LogP contribution in [0.1, 0.15) is 46.6 Å². The maximum Gasteiger partial charge on any atom is 0.338 e.